The van der Waals surface area contributed by atoms with Gasteiger partial charge in [-0.25, -0.2) is 4.68 Å². The largest absolute Gasteiger partial charge is 0.322 e. The van der Waals surface area contributed by atoms with Gasteiger partial charge in [0.15, 0.2) is 0 Å². The molecule has 2 aromatic rings. The van der Waals surface area contributed by atoms with Crippen LogP contribution in [0.5, 0.6) is 0 Å². The monoisotopic (exact) mass is 408 g/mol. The Morgan fingerprint density at radius 3 is 2.83 bits per heavy atom. The first-order valence-corrected chi connectivity index (χ1v) is 10.4. The first kappa shape index (κ1) is 18.9. The van der Waals surface area contributed by atoms with Crippen LogP contribution < -0.4 is 5.32 Å². The predicted molar refractivity (Wildman–Crippen MR) is 107 cm³/mol. The van der Waals surface area contributed by atoms with Crippen molar-refractivity contribution < 1.29 is 14.4 Å². The summed E-state index contributed by atoms with van der Waals surface area (Å²) in [4.78, 5) is 40.6. The van der Waals surface area contributed by atoms with Crippen molar-refractivity contribution >= 4 is 17.7 Å². The summed E-state index contributed by atoms with van der Waals surface area (Å²) in [5.41, 5.74) is 3.18. The van der Waals surface area contributed by atoms with Crippen LogP contribution in [0.25, 0.3) is 5.69 Å². The van der Waals surface area contributed by atoms with E-state index in [1.807, 2.05) is 18.3 Å². The molecule has 1 N–H and O–H groups in total. The SMILES string of the molecule is CN1CCCC(c2cn(-c3cccc4c3CN(C3CCC(=O)NC3=O)C4=O)nn2)C1. The highest BCUT2D eigenvalue weighted by atomic mass is 16.2. The number of likely N-dealkylation sites (N-methyl/N-ethyl adjacent to an activating group) is 1. The van der Waals surface area contributed by atoms with Crippen LogP contribution in [0.4, 0.5) is 0 Å². The summed E-state index contributed by atoms with van der Waals surface area (Å²) in [5, 5.41) is 11.1. The lowest BCUT2D eigenvalue weighted by Gasteiger charge is -2.29. The van der Waals surface area contributed by atoms with Crippen molar-refractivity contribution in [3.8, 4) is 5.69 Å². The Labute approximate surface area is 174 Å². The Kier molecular flexibility index (Phi) is 4.62. The van der Waals surface area contributed by atoms with Gasteiger partial charge in [-0.2, -0.15) is 0 Å². The van der Waals surface area contributed by atoms with Crippen molar-refractivity contribution in [2.24, 2.45) is 0 Å². The van der Waals surface area contributed by atoms with Gasteiger partial charge in [-0.1, -0.05) is 11.3 Å². The molecule has 30 heavy (non-hydrogen) atoms. The number of benzene rings is 1. The standard InChI is InChI=1S/C21H24N6O3/c1-25-9-3-4-13(10-25)16-12-27(24-23-16)17-6-2-5-14-15(17)11-26(21(14)30)18-7-8-19(28)22-20(18)29/h2,5-6,12-13,18H,3-4,7-11H2,1H3,(H,22,28,29). The number of piperidine rings is 2. The maximum absolute atomic E-state index is 13.0. The van der Waals surface area contributed by atoms with E-state index in [2.05, 4.69) is 27.6 Å². The van der Waals surface area contributed by atoms with Gasteiger partial charge in [0.1, 0.15) is 6.04 Å². The first-order chi connectivity index (χ1) is 14.5. The zero-order valence-electron chi connectivity index (χ0n) is 16.9. The van der Waals surface area contributed by atoms with Gasteiger partial charge in [0.25, 0.3) is 5.91 Å². The average molecular weight is 408 g/mol. The molecule has 3 amide bonds. The van der Waals surface area contributed by atoms with Crippen LogP contribution in [0.1, 0.15) is 53.2 Å². The molecule has 2 saturated heterocycles. The highest BCUT2D eigenvalue weighted by Gasteiger charge is 2.40. The van der Waals surface area contributed by atoms with Gasteiger partial charge in [-0.3, -0.25) is 19.7 Å². The second kappa shape index (κ2) is 7.32. The average Bonchev–Trinajstić information content (AvgIpc) is 3.34. The van der Waals surface area contributed by atoms with Crippen molar-refractivity contribution in [1.82, 2.24) is 30.1 Å². The Morgan fingerprint density at radius 2 is 2.03 bits per heavy atom. The van der Waals surface area contributed by atoms with Gasteiger partial charge in [-0.15, -0.1) is 5.10 Å². The fourth-order valence-corrected chi connectivity index (χ4v) is 4.77. The number of amides is 3. The van der Waals surface area contributed by atoms with E-state index in [4.69, 9.17) is 0 Å². The Hall–Kier alpha value is -3.07. The third-order valence-corrected chi connectivity index (χ3v) is 6.36. The summed E-state index contributed by atoms with van der Waals surface area (Å²) in [6, 6.07) is 4.90. The van der Waals surface area contributed by atoms with Gasteiger partial charge in [-0.05, 0) is 45.0 Å². The second-order valence-corrected chi connectivity index (χ2v) is 8.39. The third-order valence-electron chi connectivity index (χ3n) is 6.36. The van der Waals surface area contributed by atoms with Crippen LogP contribution in [-0.4, -0.2) is 68.7 Å². The molecule has 2 unspecified atom stereocenters. The fourth-order valence-electron chi connectivity index (χ4n) is 4.77. The van der Waals surface area contributed by atoms with Gasteiger partial charge in [0.2, 0.25) is 11.8 Å². The van der Waals surface area contributed by atoms with Crippen LogP contribution >= 0.6 is 0 Å². The number of hydrogen-bond acceptors (Lipinski definition) is 6. The molecule has 9 heteroatoms. The summed E-state index contributed by atoms with van der Waals surface area (Å²) < 4.78 is 1.74. The maximum atomic E-state index is 13.0. The molecule has 9 nitrogen and oxygen atoms in total. The van der Waals surface area contributed by atoms with Gasteiger partial charge >= 0.3 is 0 Å². The molecule has 0 saturated carbocycles. The Morgan fingerprint density at radius 1 is 1.17 bits per heavy atom. The summed E-state index contributed by atoms with van der Waals surface area (Å²) in [5.74, 6) is -0.519. The molecule has 4 heterocycles. The zero-order chi connectivity index (χ0) is 20.8. The van der Waals surface area contributed by atoms with Crippen molar-refractivity contribution in [2.45, 2.75) is 44.2 Å². The maximum Gasteiger partial charge on any atom is 0.255 e. The molecule has 0 aliphatic carbocycles. The summed E-state index contributed by atoms with van der Waals surface area (Å²) >= 11 is 0. The molecular formula is C21H24N6O3. The Balaban J connectivity index is 1.42. The third kappa shape index (κ3) is 3.19. The molecule has 2 atom stereocenters. The van der Waals surface area contributed by atoms with Crippen LogP contribution in [0.3, 0.4) is 0 Å². The zero-order valence-corrected chi connectivity index (χ0v) is 16.9. The van der Waals surface area contributed by atoms with Crippen LogP contribution in [-0.2, 0) is 16.1 Å². The lowest BCUT2D eigenvalue weighted by atomic mass is 9.96. The van der Waals surface area contributed by atoms with Crippen LogP contribution in [0.15, 0.2) is 24.4 Å². The molecule has 0 bridgehead atoms. The number of nitrogens with zero attached hydrogens (tertiary/aromatic N) is 5. The van der Waals surface area contributed by atoms with Crippen molar-refractivity contribution in [3.63, 3.8) is 0 Å². The molecule has 3 aliphatic rings. The number of hydrogen-bond donors (Lipinski definition) is 1. The first-order valence-electron chi connectivity index (χ1n) is 10.4. The van der Waals surface area contributed by atoms with E-state index < -0.39 is 11.9 Å². The Bertz CT molecular complexity index is 1030. The fraction of sp³-hybridized carbons (Fsp3) is 0.476. The van der Waals surface area contributed by atoms with Gasteiger partial charge in [0, 0.05) is 36.6 Å². The topological polar surface area (TPSA) is 100 Å². The van der Waals surface area contributed by atoms with E-state index in [9.17, 15) is 14.4 Å². The van der Waals surface area contributed by atoms with E-state index in [0.29, 0.717) is 24.4 Å². The second-order valence-electron chi connectivity index (χ2n) is 8.39. The molecule has 1 aromatic heterocycles. The highest BCUT2D eigenvalue weighted by Crippen LogP contribution is 2.32. The number of fused-ring (bicyclic) bond motifs is 1. The minimum absolute atomic E-state index is 0.185. The number of carbonyl (C=O) groups is 3. The number of likely N-dealkylation sites (tertiary alicyclic amines) is 1. The van der Waals surface area contributed by atoms with Crippen LogP contribution in [0.2, 0.25) is 0 Å². The predicted octanol–water partition coefficient (Wildman–Crippen LogP) is 0.837. The lowest BCUT2D eigenvalue weighted by molar-refractivity contribution is -0.136. The molecular weight excluding hydrogens is 384 g/mol. The number of imide groups is 1. The lowest BCUT2D eigenvalue weighted by Crippen LogP contribution is -2.52. The number of carbonyl (C=O) groups excluding carboxylic acids is 3. The molecule has 3 aliphatic heterocycles. The smallest absolute Gasteiger partial charge is 0.255 e. The van der Waals surface area contributed by atoms with E-state index in [1.54, 1.807) is 15.6 Å². The normalized spacial score (nSPS) is 24.8. The van der Waals surface area contributed by atoms with Crippen molar-refractivity contribution in [3.05, 3.63) is 41.2 Å². The molecule has 1 aromatic carbocycles. The molecule has 2 fully saturated rings. The summed E-state index contributed by atoms with van der Waals surface area (Å²) in [6.07, 6.45) is 4.79. The number of aromatic nitrogens is 3. The van der Waals surface area contributed by atoms with E-state index >= 15 is 0 Å². The van der Waals surface area contributed by atoms with Crippen LogP contribution in [0, 0.1) is 0 Å². The quantitative estimate of drug-likeness (QED) is 0.756. The number of nitrogens with one attached hydrogen (secondary N) is 1. The van der Waals surface area contributed by atoms with E-state index in [-0.39, 0.29) is 18.2 Å². The number of rotatable bonds is 3. The molecule has 0 radical (unpaired) electrons. The molecule has 5 rings (SSSR count). The summed E-state index contributed by atoms with van der Waals surface area (Å²) in [7, 11) is 2.12. The minimum Gasteiger partial charge on any atom is -0.322 e. The van der Waals surface area contributed by atoms with Crippen molar-refractivity contribution in [1.29, 1.82) is 0 Å². The highest BCUT2D eigenvalue weighted by molar-refractivity contribution is 6.05. The van der Waals surface area contributed by atoms with Crippen molar-refractivity contribution in [2.75, 3.05) is 20.1 Å². The minimum atomic E-state index is -0.625. The van der Waals surface area contributed by atoms with Gasteiger partial charge < -0.3 is 9.80 Å². The van der Waals surface area contributed by atoms with E-state index in [0.717, 1.165) is 42.9 Å². The molecule has 156 valence electrons. The summed E-state index contributed by atoms with van der Waals surface area (Å²) in [6.45, 7) is 2.39. The molecule has 0 spiro atoms. The van der Waals surface area contributed by atoms with E-state index in [1.165, 1.54) is 0 Å². The van der Waals surface area contributed by atoms with Gasteiger partial charge in [0.05, 0.1) is 17.6 Å².